The Balaban J connectivity index is 2.00. The number of rotatable bonds is 4. The van der Waals surface area contributed by atoms with Gasteiger partial charge in [0.1, 0.15) is 9.84 Å². The third-order valence-electron chi connectivity index (χ3n) is 4.72. The van der Waals surface area contributed by atoms with Gasteiger partial charge in [0, 0.05) is 24.2 Å². The third kappa shape index (κ3) is 4.27. The molecule has 2 aromatic carbocycles. The van der Waals surface area contributed by atoms with E-state index in [4.69, 9.17) is 11.6 Å². The first-order valence-electron chi connectivity index (χ1n) is 8.57. The fourth-order valence-corrected chi connectivity index (χ4v) is 4.10. The summed E-state index contributed by atoms with van der Waals surface area (Å²) in [6.45, 7) is 2.61. The van der Waals surface area contributed by atoms with Gasteiger partial charge in [0.15, 0.2) is 0 Å². The van der Waals surface area contributed by atoms with Crippen LogP contribution < -0.4 is 0 Å². The molecule has 1 atom stereocenters. The zero-order valence-electron chi connectivity index (χ0n) is 14.9. The lowest BCUT2D eigenvalue weighted by Gasteiger charge is -2.38. The van der Waals surface area contributed by atoms with Crippen LogP contribution in [0.25, 0.3) is 0 Å². The Labute approximate surface area is 159 Å². The first kappa shape index (κ1) is 18.9. The van der Waals surface area contributed by atoms with Crippen LogP contribution in [0.15, 0.2) is 42.5 Å². The summed E-state index contributed by atoms with van der Waals surface area (Å²) in [6, 6.07) is 13.6. The minimum absolute atomic E-state index is 0.00404. The van der Waals surface area contributed by atoms with Gasteiger partial charge < -0.3 is 4.90 Å². The highest BCUT2D eigenvalue weighted by Crippen LogP contribution is 2.36. The molecule has 6 heteroatoms. The first-order chi connectivity index (χ1) is 12.2. The fraction of sp³-hybridized carbons (Fsp3) is 0.350. The first-order valence-corrected chi connectivity index (χ1v) is 11.0. The molecule has 0 N–H and O–H groups in total. The van der Waals surface area contributed by atoms with Crippen LogP contribution in [0.5, 0.6) is 0 Å². The minimum atomic E-state index is -3.18. The van der Waals surface area contributed by atoms with Crippen LogP contribution in [0.2, 0.25) is 5.02 Å². The zero-order chi connectivity index (χ0) is 18.9. The Bertz CT molecular complexity index is 923. The molecule has 0 saturated heterocycles. The summed E-state index contributed by atoms with van der Waals surface area (Å²) in [4.78, 5) is 14.6. The van der Waals surface area contributed by atoms with Gasteiger partial charge in [-0.25, -0.2) is 8.42 Å². The topological polar surface area (TPSA) is 54.5 Å². The molecule has 0 bridgehead atoms. The molecule has 0 saturated carbocycles. The number of hydrogen-bond acceptors (Lipinski definition) is 3. The van der Waals surface area contributed by atoms with Gasteiger partial charge in [0.05, 0.1) is 11.8 Å². The number of amides is 1. The number of carbonyl (C=O) groups excluding carboxylic acids is 1. The predicted octanol–water partition coefficient (Wildman–Crippen LogP) is 3.56. The Morgan fingerprint density at radius 3 is 2.54 bits per heavy atom. The van der Waals surface area contributed by atoms with E-state index in [1.807, 2.05) is 31.2 Å². The molecule has 4 nitrogen and oxygen atoms in total. The van der Waals surface area contributed by atoms with Gasteiger partial charge in [0.2, 0.25) is 5.91 Å². The number of benzene rings is 2. The highest BCUT2D eigenvalue weighted by Gasteiger charge is 2.32. The van der Waals surface area contributed by atoms with Crippen LogP contribution in [0.1, 0.15) is 34.7 Å². The molecule has 0 aliphatic carbocycles. The van der Waals surface area contributed by atoms with Crippen molar-refractivity contribution in [2.75, 3.05) is 18.6 Å². The second-order valence-corrected chi connectivity index (χ2v) is 9.57. The summed E-state index contributed by atoms with van der Waals surface area (Å²) in [5, 5.41) is 0.643. The van der Waals surface area contributed by atoms with Crippen LogP contribution >= 0.6 is 11.6 Å². The maximum Gasteiger partial charge on any atom is 0.224 e. The fourth-order valence-electron chi connectivity index (χ4n) is 3.42. The monoisotopic (exact) mass is 391 g/mol. The van der Waals surface area contributed by atoms with E-state index in [0.29, 0.717) is 11.6 Å². The highest BCUT2D eigenvalue weighted by atomic mass is 35.5. The Hall–Kier alpha value is -1.85. The third-order valence-corrected chi connectivity index (χ3v) is 5.92. The van der Waals surface area contributed by atoms with Gasteiger partial charge in [-0.1, -0.05) is 47.5 Å². The van der Waals surface area contributed by atoms with E-state index in [0.717, 1.165) is 29.4 Å². The average Bonchev–Trinajstić information content (AvgIpc) is 2.59. The van der Waals surface area contributed by atoms with Crippen LogP contribution in [-0.2, 0) is 21.1 Å². The molecule has 3 rings (SSSR count). The lowest BCUT2D eigenvalue weighted by atomic mass is 9.87. The normalized spacial score (nSPS) is 17.0. The summed E-state index contributed by atoms with van der Waals surface area (Å²) in [7, 11) is -3.18. The van der Waals surface area contributed by atoms with Crippen LogP contribution in [0.3, 0.4) is 0 Å². The zero-order valence-corrected chi connectivity index (χ0v) is 16.5. The summed E-state index contributed by atoms with van der Waals surface area (Å²) in [5.74, 6) is -0.265. The molecule has 1 amide bonds. The summed E-state index contributed by atoms with van der Waals surface area (Å²) >= 11 is 6.03. The molecule has 1 unspecified atom stereocenters. The van der Waals surface area contributed by atoms with Gasteiger partial charge in [-0.15, -0.1) is 0 Å². The highest BCUT2D eigenvalue weighted by molar-refractivity contribution is 7.90. The summed E-state index contributed by atoms with van der Waals surface area (Å²) in [6.07, 6.45) is 1.93. The van der Waals surface area contributed by atoms with E-state index < -0.39 is 9.84 Å². The number of halogens is 1. The van der Waals surface area contributed by atoms with Gasteiger partial charge >= 0.3 is 0 Å². The predicted molar refractivity (Wildman–Crippen MR) is 104 cm³/mol. The molecule has 0 spiro atoms. The number of fused-ring (bicyclic) bond motifs is 1. The molecular weight excluding hydrogens is 370 g/mol. The maximum absolute atomic E-state index is 12.8. The lowest BCUT2D eigenvalue weighted by Crippen LogP contribution is -2.41. The van der Waals surface area contributed by atoms with Gasteiger partial charge in [-0.2, -0.15) is 0 Å². The van der Waals surface area contributed by atoms with E-state index in [1.165, 1.54) is 5.56 Å². The van der Waals surface area contributed by atoms with Crippen molar-refractivity contribution in [3.8, 4) is 0 Å². The Morgan fingerprint density at radius 2 is 1.88 bits per heavy atom. The second-order valence-electron chi connectivity index (χ2n) is 6.87. The molecule has 0 aromatic heterocycles. The largest absolute Gasteiger partial charge is 0.331 e. The lowest BCUT2D eigenvalue weighted by molar-refractivity contribution is -0.132. The number of sulfone groups is 1. The van der Waals surface area contributed by atoms with E-state index in [9.17, 15) is 13.2 Å². The van der Waals surface area contributed by atoms with Crippen molar-refractivity contribution < 1.29 is 13.2 Å². The number of nitrogens with zero attached hydrogens (tertiary/aromatic N) is 1. The second kappa shape index (κ2) is 7.41. The molecule has 1 aliphatic rings. The van der Waals surface area contributed by atoms with Crippen molar-refractivity contribution in [2.45, 2.75) is 25.8 Å². The smallest absolute Gasteiger partial charge is 0.224 e. The van der Waals surface area contributed by atoms with Crippen molar-refractivity contribution >= 4 is 27.3 Å². The van der Waals surface area contributed by atoms with Crippen LogP contribution in [0.4, 0.5) is 0 Å². The van der Waals surface area contributed by atoms with E-state index in [1.54, 1.807) is 4.90 Å². The van der Waals surface area contributed by atoms with Crippen molar-refractivity contribution in [1.82, 2.24) is 4.90 Å². The van der Waals surface area contributed by atoms with Gasteiger partial charge in [-0.05, 0) is 42.2 Å². The molecule has 1 heterocycles. The van der Waals surface area contributed by atoms with E-state index in [2.05, 4.69) is 18.2 Å². The summed E-state index contributed by atoms with van der Waals surface area (Å²) < 4.78 is 22.9. The standard InChI is InChI=1S/C20H22ClNO3S/c1-14-3-4-15-9-11-22(19(23)10-12-26(2,24)25)20(18(15)13-14)16-5-7-17(21)8-6-16/h3-8,13,20H,9-12H2,1-2H3. The molecule has 1 aliphatic heterocycles. The van der Waals surface area contributed by atoms with Crippen molar-refractivity contribution in [1.29, 1.82) is 0 Å². The molecular formula is C20H22ClNO3S. The number of hydrogen-bond donors (Lipinski definition) is 0. The molecule has 26 heavy (non-hydrogen) atoms. The number of aryl methyl sites for hydroxylation is 1. The molecule has 2 aromatic rings. The number of carbonyl (C=O) groups is 1. The molecule has 0 radical (unpaired) electrons. The van der Waals surface area contributed by atoms with Crippen LogP contribution in [0, 0.1) is 6.92 Å². The van der Waals surface area contributed by atoms with Crippen LogP contribution in [-0.4, -0.2) is 37.8 Å². The minimum Gasteiger partial charge on any atom is -0.331 e. The Morgan fingerprint density at radius 1 is 1.19 bits per heavy atom. The van der Waals surface area contributed by atoms with Crippen molar-refractivity contribution in [3.63, 3.8) is 0 Å². The maximum atomic E-state index is 12.8. The summed E-state index contributed by atoms with van der Waals surface area (Å²) in [5.41, 5.74) is 4.44. The molecule has 138 valence electrons. The van der Waals surface area contributed by atoms with Crippen molar-refractivity contribution in [2.24, 2.45) is 0 Å². The Kier molecular flexibility index (Phi) is 5.39. The molecule has 0 fully saturated rings. The SMILES string of the molecule is Cc1ccc2c(c1)C(c1ccc(Cl)cc1)N(C(=O)CCS(C)(=O)=O)CC2. The van der Waals surface area contributed by atoms with Gasteiger partial charge in [-0.3, -0.25) is 4.79 Å². The average molecular weight is 392 g/mol. The quantitative estimate of drug-likeness (QED) is 0.800. The van der Waals surface area contributed by atoms with E-state index >= 15 is 0 Å². The van der Waals surface area contributed by atoms with Gasteiger partial charge in [0.25, 0.3) is 0 Å². The van der Waals surface area contributed by atoms with E-state index in [-0.39, 0.29) is 24.1 Å². The van der Waals surface area contributed by atoms with Crippen molar-refractivity contribution in [3.05, 3.63) is 69.7 Å².